The lowest BCUT2D eigenvalue weighted by Crippen LogP contribution is -2.44. The lowest BCUT2D eigenvalue weighted by atomic mass is 10.0. The summed E-state index contributed by atoms with van der Waals surface area (Å²) in [5.41, 5.74) is 6.04. The molecule has 0 atom stereocenters. The Hall–Kier alpha value is -0.820. The van der Waals surface area contributed by atoms with Gasteiger partial charge in [0.25, 0.3) is 0 Å². The van der Waals surface area contributed by atoms with Gasteiger partial charge in [-0.2, -0.15) is 0 Å². The van der Waals surface area contributed by atoms with Crippen molar-refractivity contribution in [2.24, 2.45) is 0 Å². The Morgan fingerprint density at radius 2 is 2.00 bits per heavy atom. The van der Waals surface area contributed by atoms with Gasteiger partial charge in [0, 0.05) is 17.8 Å². The van der Waals surface area contributed by atoms with Gasteiger partial charge in [0.2, 0.25) is 10.0 Å². The van der Waals surface area contributed by atoms with Crippen LogP contribution in [0.15, 0.2) is 17.0 Å². The fourth-order valence-corrected chi connectivity index (χ4v) is 3.68. The first-order valence-corrected chi connectivity index (χ1v) is 7.65. The number of halogens is 1. The first kappa shape index (κ1) is 16.2. The summed E-state index contributed by atoms with van der Waals surface area (Å²) in [5.74, 6) is 0. The van der Waals surface area contributed by atoms with Crippen LogP contribution >= 0.6 is 11.6 Å². The number of hydrogen-bond acceptors (Lipinski definition) is 4. The SMILES string of the molecule is Cc1cc(Cl)c(S(=O)(=O)NC(C)(C)CCO)cc1N. The third kappa shape index (κ3) is 4.07. The second kappa shape index (κ2) is 5.66. The number of sulfonamides is 1. The topological polar surface area (TPSA) is 92.4 Å². The van der Waals surface area contributed by atoms with E-state index in [1.54, 1.807) is 20.8 Å². The molecule has 0 heterocycles. The Kier molecular flexibility index (Phi) is 4.84. The van der Waals surface area contributed by atoms with E-state index >= 15 is 0 Å². The van der Waals surface area contributed by atoms with Gasteiger partial charge in [-0.1, -0.05) is 11.6 Å². The van der Waals surface area contributed by atoms with Gasteiger partial charge in [0.1, 0.15) is 4.90 Å². The maximum absolute atomic E-state index is 12.3. The minimum atomic E-state index is -3.78. The van der Waals surface area contributed by atoms with Gasteiger partial charge < -0.3 is 10.8 Å². The summed E-state index contributed by atoms with van der Waals surface area (Å²) in [4.78, 5) is -0.0525. The summed E-state index contributed by atoms with van der Waals surface area (Å²) in [5, 5.41) is 9.05. The van der Waals surface area contributed by atoms with Crippen molar-refractivity contribution in [3.63, 3.8) is 0 Å². The van der Waals surface area contributed by atoms with Crippen LogP contribution in [0.5, 0.6) is 0 Å². The lowest BCUT2D eigenvalue weighted by molar-refractivity contribution is 0.246. The van der Waals surface area contributed by atoms with Crippen molar-refractivity contribution in [1.82, 2.24) is 4.72 Å². The lowest BCUT2D eigenvalue weighted by Gasteiger charge is -2.25. The summed E-state index contributed by atoms with van der Waals surface area (Å²) >= 11 is 5.97. The first-order valence-electron chi connectivity index (χ1n) is 5.79. The molecule has 0 aliphatic rings. The Balaban J connectivity index is 3.18. The van der Waals surface area contributed by atoms with Crippen LogP contribution in [0, 0.1) is 6.92 Å². The fourth-order valence-electron chi connectivity index (χ4n) is 1.62. The van der Waals surface area contributed by atoms with Crippen LogP contribution in [0.25, 0.3) is 0 Å². The number of aliphatic hydroxyl groups is 1. The van der Waals surface area contributed by atoms with E-state index in [2.05, 4.69) is 4.72 Å². The van der Waals surface area contributed by atoms with E-state index in [-0.39, 0.29) is 16.5 Å². The van der Waals surface area contributed by atoms with Crippen molar-refractivity contribution in [2.75, 3.05) is 12.3 Å². The Morgan fingerprint density at radius 3 is 2.53 bits per heavy atom. The molecule has 19 heavy (non-hydrogen) atoms. The number of nitrogens with two attached hydrogens (primary N) is 1. The first-order chi connectivity index (χ1) is 8.59. The number of aliphatic hydroxyl groups excluding tert-OH is 1. The molecule has 0 aromatic heterocycles. The normalized spacial score (nSPS) is 12.7. The number of benzene rings is 1. The molecule has 0 aliphatic heterocycles. The number of aryl methyl sites for hydroxylation is 1. The van der Waals surface area contributed by atoms with Gasteiger partial charge >= 0.3 is 0 Å². The highest BCUT2D eigenvalue weighted by Gasteiger charge is 2.27. The minimum absolute atomic E-state index is 0.0525. The predicted molar refractivity (Wildman–Crippen MR) is 76.7 cm³/mol. The molecule has 108 valence electrons. The highest BCUT2D eigenvalue weighted by atomic mass is 35.5. The van der Waals surface area contributed by atoms with Gasteiger partial charge in [-0.05, 0) is 44.9 Å². The Bertz CT molecular complexity index is 571. The summed E-state index contributed by atoms with van der Waals surface area (Å²) in [6.07, 6.45) is 0.297. The monoisotopic (exact) mass is 306 g/mol. The number of anilines is 1. The van der Waals surface area contributed by atoms with Gasteiger partial charge in [0.15, 0.2) is 0 Å². The Morgan fingerprint density at radius 1 is 1.42 bits per heavy atom. The van der Waals surface area contributed by atoms with Crippen molar-refractivity contribution in [1.29, 1.82) is 0 Å². The van der Waals surface area contributed by atoms with Crippen LogP contribution in [0.1, 0.15) is 25.8 Å². The maximum Gasteiger partial charge on any atom is 0.242 e. The molecule has 0 aliphatic carbocycles. The van der Waals surface area contributed by atoms with E-state index in [1.807, 2.05) is 0 Å². The second-order valence-electron chi connectivity index (χ2n) is 5.10. The van der Waals surface area contributed by atoms with Crippen LogP contribution < -0.4 is 10.5 Å². The zero-order valence-electron chi connectivity index (χ0n) is 11.2. The molecular formula is C12H19ClN2O3S. The molecule has 0 bridgehead atoms. The third-order valence-corrected chi connectivity index (χ3v) is 4.92. The zero-order valence-corrected chi connectivity index (χ0v) is 12.8. The van der Waals surface area contributed by atoms with Crippen molar-refractivity contribution < 1.29 is 13.5 Å². The molecule has 0 radical (unpaired) electrons. The van der Waals surface area contributed by atoms with Crippen molar-refractivity contribution in [3.8, 4) is 0 Å². The van der Waals surface area contributed by atoms with Gasteiger partial charge in [0.05, 0.1) is 5.02 Å². The fraction of sp³-hybridized carbons (Fsp3) is 0.500. The standard InChI is InChI=1S/C12H19ClN2O3S/c1-8-6-9(13)11(7-10(8)14)19(17,18)15-12(2,3)4-5-16/h6-7,15-16H,4-5,14H2,1-3H3. The zero-order chi connectivity index (χ0) is 14.8. The summed E-state index contributed by atoms with van der Waals surface area (Å²) < 4.78 is 27.1. The van der Waals surface area contributed by atoms with Crippen molar-refractivity contribution in [3.05, 3.63) is 22.7 Å². The summed E-state index contributed by atoms with van der Waals surface area (Å²) in [6, 6.07) is 2.86. The third-order valence-electron chi connectivity index (χ3n) is 2.76. The largest absolute Gasteiger partial charge is 0.398 e. The van der Waals surface area contributed by atoms with E-state index in [4.69, 9.17) is 22.4 Å². The van der Waals surface area contributed by atoms with E-state index in [0.29, 0.717) is 12.1 Å². The molecule has 0 saturated carbocycles. The van der Waals surface area contributed by atoms with E-state index in [0.717, 1.165) is 5.56 Å². The molecule has 4 N–H and O–H groups in total. The second-order valence-corrected chi connectivity index (χ2v) is 7.16. The molecule has 0 amide bonds. The van der Waals surface area contributed by atoms with Crippen LogP contribution in [-0.2, 0) is 10.0 Å². The van der Waals surface area contributed by atoms with Crippen molar-refractivity contribution >= 4 is 27.3 Å². The predicted octanol–water partition coefficient (Wildman–Crippen LogP) is 1.67. The molecule has 0 spiro atoms. The average molecular weight is 307 g/mol. The average Bonchev–Trinajstić information content (AvgIpc) is 2.21. The molecule has 5 nitrogen and oxygen atoms in total. The molecule has 0 saturated heterocycles. The number of rotatable bonds is 5. The molecule has 1 aromatic carbocycles. The maximum atomic E-state index is 12.3. The quantitative estimate of drug-likeness (QED) is 0.721. The molecule has 1 aromatic rings. The van der Waals surface area contributed by atoms with E-state index in [9.17, 15) is 8.42 Å². The minimum Gasteiger partial charge on any atom is -0.398 e. The van der Waals surface area contributed by atoms with Gasteiger partial charge in [-0.25, -0.2) is 13.1 Å². The van der Waals surface area contributed by atoms with Gasteiger partial charge in [-0.15, -0.1) is 0 Å². The van der Waals surface area contributed by atoms with E-state index in [1.165, 1.54) is 12.1 Å². The van der Waals surface area contributed by atoms with E-state index < -0.39 is 15.6 Å². The molecular weight excluding hydrogens is 288 g/mol. The number of nitrogens with one attached hydrogen (secondary N) is 1. The van der Waals surface area contributed by atoms with Crippen LogP contribution in [0.3, 0.4) is 0 Å². The summed E-state index contributed by atoms with van der Waals surface area (Å²) in [6.45, 7) is 5.01. The Labute approximate surface area is 118 Å². The van der Waals surface area contributed by atoms with Crippen molar-refractivity contribution in [2.45, 2.75) is 37.6 Å². The molecule has 0 fully saturated rings. The van der Waals surface area contributed by atoms with Crippen LogP contribution in [-0.4, -0.2) is 25.7 Å². The number of hydrogen-bond donors (Lipinski definition) is 3. The van der Waals surface area contributed by atoms with Gasteiger partial charge in [-0.3, -0.25) is 0 Å². The highest BCUT2D eigenvalue weighted by Crippen LogP contribution is 2.27. The van der Waals surface area contributed by atoms with Crippen LogP contribution in [0.2, 0.25) is 5.02 Å². The smallest absolute Gasteiger partial charge is 0.242 e. The summed E-state index contributed by atoms with van der Waals surface area (Å²) in [7, 11) is -3.78. The number of nitrogen functional groups attached to an aromatic ring is 1. The molecule has 1 rings (SSSR count). The van der Waals surface area contributed by atoms with Crippen LogP contribution in [0.4, 0.5) is 5.69 Å². The highest BCUT2D eigenvalue weighted by molar-refractivity contribution is 7.89. The molecule has 0 unspecified atom stereocenters. The molecule has 7 heteroatoms.